The number of methoxy groups -OCH3 is 1. The molecule has 1 aliphatic heterocycles. The number of anilines is 1. The van der Waals surface area contributed by atoms with Gasteiger partial charge in [-0.05, 0) is 42.8 Å². The molecule has 0 unspecified atom stereocenters. The van der Waals surface area contributed by atoms with Crippen molar-refractivity contribution in [3.8, 4) is 22.7 Å². The van der Waals surface area contributed by atoms with Crippen molar-refractivity contribution in [3.63, 3.8) is 0 Å². The highest BCUT2D eigenvalue weighted by molar-refractivity contribution is 5.97. The number of aromatic nitrogens is 1. The highest BCUT2D eigenvalue weighted by atomic mass is 19.1. The second kappa shape index (κ2) is 9.66. The number of piperazine rings is 1. The molecule has 3 aromatic carbocycles. The largest absolute Gasteiger partial charge is 0.495 e. The zero-order chi connectivity index (χ0) is 24.4. The van der Waals surface area contributed by atoms with Gasteiger partial charge < -0.3 is 19.1 Å². The quantitative estimate of drug-likeness (QED) is 0.384. The number of hydrogen-bond donors (Lipinski definition) is 0. The Hall–Kier alpha value is -4.06. The molecule has 35 heavy (non-hydrogen) atoms. The van der Waals surface area contributed by atoms with E-state index in [9.17, 15) is 9.18 Å². The Bertz CT molecular complexity index is 1340. The summed E-state index contributed by atoms with van der Waals surface area (Å²) in [5.41, 5.74) is 4.52. The van der Waals surface area contributed by atoms with Crippen molar-refractivity contribution in [2.45, 2.75) is 6.92 Å². The van der Waals surface area contributed by atoms with Gasteiger partial charge in [-0.25, -0.2) is 4.39 Å². The van der Waals surface area contributed by atoms with Crippen LogP contribution in [0, 0.1) is 12.7 Å². The van der Waals surface area contributed by atoms with Gasteiger partial charge >= 0.3 is 0 Å². The predicted molar refractivity (Wildman–Crippen MR) is 137 cm³/mol. The molecule has 1 fully saturated rings. The standard InChI is InChI=1S/C29H28FN3O2/c1-21-23(29(34)32-18-16-31(17-19-32)26-14-8-9-15-28(26)35-2)20-27(22-10-4-3-5-11-22)33(21)25-13-7-6-12-24(25)30/h3-15,20H,16-19H2,1-2H3. The monoisotopic (exact) mass is 469 g/mol. The fraction of sp³-hybridized carbons (Fsp3) is 0.207. The molecule has 4 aromatic rings. The van der Waals surface area contributed by atoms with Crippen LogP contribution in [-0.2, 0) is 0 Å². The zero-order valence-corrected chi connectivity index (χ0v) is 19.9. The van der Waals surface area contributed by atoms with Crippen molar-refractivity contribution in [2.75, 3.05) is 38.2 Å². The number of carbonyl (C=O) groups is 1. The zero-order valence-electron chi connectivity index (χ0n) is 19.9. The number of benzene rings is 3. The summed E-state index contributed by atoms with van der Waals surface area (Å²) < 4.78 is 22.2. The first-order chi connectivity index (χ1) is 17.1. The number of halogens is 1. The van der Waals surface area contributed by atoms with Gasteiger partial charge in [0.05, 0.1) is 29.7 Å². The summed E-state index contributed by atoms with van der Waals surface area (Å²) in [5, 5.41) is 0. The maximum Gasteiger partial charge on any atom is 0.255 e. The molecule has 0 N–H and O–H groups in total. The maximum atomic E-state index is 14.9. The van der Waals surface area contributed by atoms with Crippen molar-refractivity contribution in [1.29, 1.82) is 0 Å². The smallest absolute Gasteiger partial charge is 0.255 e. The van der Waals surface area contributed by atoms with Gasteiger partial charge in [0.25, 0.3) is 5.91 Å². The minimum Gasteiger partial charge on any atom is -0.495 e. The molecule has 0 saturated carbocycles. The topological polar surface area (TPSA) is 37.7 Å². The van der Waals surface area contributed by atoms with Gasteiger partial charge in [0, 0.05) is 31.9 Å². The Morgan fingerprint density at radius 2 is 1.46 bits per heavy atom. The molecule has 1 aromatic heterocycles. The van der Waals surface area contributed by atoms with Crippen LogP contribution in [0.5, 0.6) is 5.75 Å². The van der Waals surface area contributed by atoms with Gasteiger partial charge in [-0.15, -0.1) is 0 Å². The molecule has 2 heterocycles. The number of para-hydroxylation sites is 3. The second-order valence-corrected chi connectivity index (χ2v) is 8.63. The van der Waals surface area contributed by atoms with Crippen molar-refractivity contribution >= 4 is 11.6 Å². The number of hydrogen-bond acceptors (Lipinski definition) is 3. The first kappa shape index (κ1) is 22.7. The summed E-state index contributed by atoms with van der Waals surface area (Å²) in [5.74, 6) is 0.472. The van der Waals surface area contributed by atoms with Crippen molar-refractivity contribution in [1.82, 2.24) is 9.47 Å². The molecule has 178 valence electrons. The van der Waals surface area contributed by atoms with Gasteiger partial charge in [-0.3, -0.25) is 4.79 Å². The first-order valence-corrected chi connectivity index (χ1v) is 11.8. The van der Waals surface area contributed by atoms with Crippen molar-refractivity contribution in [2.24, 2.45) is 0 Å². The molecule has 1 saturated heterocycles. The predicted octanol–water partition coefficient (Wildman–Crippen LogP) is 5.56. The summed E-state index contributed by atoms with van der Waals surface area (Å²) in [6.45, 7) is 4.51. The van der Waals surface area contributed by atoms with Crippen LogP contribution < -0.4 is 9.64 Å². The van der Waals surface area contributed by atoms with Gasteiger partial charge in [0.2, 0.25) is 0 Å². The molecule has 0 radical (unpaired) electrons. The Morgan fingerprint density at radius 1 is 0.829 bits per heavy atom. The lowest BCUT2D eigenvalue weighted by Crippen LogP contribution is -2.49. The Morgan fingerprint density at radius 3 is 2.14 bits per heavy atom. The number of ether oxygens (including phenoxy) is 1. The van der Waals surface area contributed by atoms with E-state index in [0.29, 0.717) is 37.4 Å². The summed E-state index contributed by atoms with van der Waals surface area (Å²) in [4.78, 5) is 17.8. The number of amides is 1. The van der Waals surface area contributed by atoms with E-state index in [4.69, 9.17) is 4.74 Å². The Kier molecular flexibility index (Phi) is 6.27. The molecule has 5 rings (SSSR count). The average Bonchev–Trinajstić information content (AvgIpc) is 3.25. The normalized spacial score (nSPS) is 13.7. The van der Waals surface area contributed by atoms with Crippen LogP contribution in [-0.4, -0.2) is 48.7 Å². The van der Waals surface area contributed by atoms with Crippen LogP contribution in [0.15, 0.2) is 84.9 Å². The lowest BCUT2D eigenvalue weighted by atomic mass is 10.1. The minimum absolute atomic E-state index is 0.0329. The molecule has 0 bridgehead atoms. The van der Waals surface area contributed by atoms with Gasteiger partial charge in [0.1, 0.15) is 11.6 Å². The van der Waals surface area contributed by atoms with Crippen LogP contribution in [0.3, 0.4) is 0 Å². The fourth-order valence-electron chi connectivity index (χ4n) is 4.80. The third-order valence-corrected chi connectivity index (χ3v) is 6.63. The van der Waals surface area contributed by atoms with E-state index in [2.05, 4.69) is 4.90 Å². The molecule has 0 spiro atoms. The lowest BCUT2D eigenvalue weighted by Gasteiger charge is -2.36. The van der Waals surface area contributed by atoms with Crippen molar-refractivity contribution in [3.05, 3.63) is 102 Å². The van der Waals surface area contributed by atoms with E-state index in [1.54, 1.807) is 19.2 Å². The second-order valence-electron chi connectivity index (χ2n) is 8.63. The molecule has 5 nitrogen and oxygen atoms in total. The summed E-state index contributed by atoms with van der Waals surface area (Å²) >= 11 is 0. The first-order valence-electron chi connectivity index (χ1n) is 11.8. The average molecular weight is 470 g/mol. The molecule has 6 heteroatoms. The minimum atomic E-state index is -0.326. The van der Waals surface area contributed by atoms with E-state index in [-0.39, 0.29) is 11.7 Å². The van der Waals surface area contributed by atoms with Crippen molar-refractivity contribution < 1.29 is 13.9 Å². The molecular formula is C29H28FN3O2. The molecular weight excluding hydrogens is 441 g/mol. The van der Waals surface area contributed by atoms with Crippen LogP contribution in [0.4, 0.5) is 10.1 Å². The van der Waals surface area contributed by atoms with Gasteiger partial charge in [-0.2, -0.15) is 0 Å². The Labute approximate surface area is 205 Å². The molecule has 1 amide bonds. The number of nitrogens with zero attached hydrogens (tertiary/aromatic N) is 3. The summed E-state index contributed by atoms with van der Waals surface area (Å²) in [6, 6.07) is 26.3. The molecule has 1 aliphatic rings. The summed E-state index contributed by atoms with van der Waals surface area (Å²) in [7, 11) is 1.67. The third-order valence-electron chi connectivity index (χ3n) is 6.63. The van der Waals surface area contributed by atoms with Gasteiger partial charge in [-0.1, -0.05) is 54.6 Å². The fourth-order valence-corrected chi connectivity index (χ4v) is 4.80. The maximum absolute atomic E-state index is 14.9. The number of carbonyl (C=O) groups excluding carboxylic acids is 1. The van der Waals surface area contributed by atoms with Crippen LogP contribution in [0.1, 0.15) is 16.1 Å². The van der Waals surface area contributed by atoms with Crippen LogP contribution >= 0.6 is 0 Å². The van der Waals surface area contributed by atoms with E-state index in [1.165, 1.54) is 6.07 Å². The van der Waals surface area contributed by atoms with Crippen LogP contribution in [0.2, 0.25) is 0 Å². The van der Waals surface area contributed by atoms with Crippen LogP contribution in [0.25, 0.3) is 16.9 Å². The Balaban J connectivity index is 1.46. The lowest BCUT2D eigenvalue weighted by molar-refractivity contribution is 0.0746. The third kappa shape index (κ3) is 4.28. The molecule has 0 atom stereocenters. The van der Waals surface area contributed by atoms with E-state index < -0.39 is 0 Å². The van der Waals surface area contributed by atoms with E-state index >= 15 is 0 Å². The van der Waals surface area contributed by atoms with E-state index in [0.717, 1.165) is 28.4 Å². The summed E-state index contributed by atoms with van der Waals surface area (Å²) in [6.07, 6.45) is 0. The highest BCUT2D eigenvalue weighted by Gasteiger charge is 2.28. The van der Waals surface area contributed by atoms with E-state index in [1.807, 2.05) is 83.1 Å². The SMILES string of the molecule is COc1ccccc1N1CCN(C(=O)c2cc(-c3ccccc3)n(-c3ccccc3F)c2C)CC1. The highest BCUT2D eigenvalue weighted by Crippen LogP contribution is 2.32. The molecule has 0 aliphatic carbocycles. The van der Waals surface area contributed by atoms with Gasteiger partial charge in [0.15, 0.2) is 0 Å². The number of rotatable bonds is 5.